The molecule has 4 rings (SSSR count). The Kier molecular flexibility index (Phi) is 3.93. The van der Waals surface area contributed by atoms with Gasteiger partial charge in [0.2, 0.25) is 0 Å². The zero-order valence-corrected chi connectivity index (χ0v) is 15.6. The number of esters is 1. The number of hydrogen-bond acceptors (Lipinski definition) is 4. The van der Waals surface area contributed by atoms with Crippen LogP contribution in [0.1, 0.15) is 52.9 Å². The molecule has 2 saturated carbocycles. The lowest BCUT2D eigenvalue weighted by Crippen LogP contribution is -2.54. The highest BCUT2D eigenvalue weighted by molar-refractivity contribution is 5.67. The van der Waals surface area contributed by atoms with Crippen LogP contribution in [-0.4, -0.2) is 23.2 Å². The van der Waals surface area contributed by atoms with Crippen molar-refractivity contribution in [3.05, 3.63) is 24.0 Å². The predicted octanol–water partition coefficient (Wildman–Crippen LogP) is 3.16. The lowest BCUT2D eigenvalue weighted by atomic mass is 9.46. The maximum absolute atomic E-state index is 11.5. The largest absolute Gasteiger partial charge is 0.430 e. The van der Waals surface area contributed by atoms with Gasteiger partial charge in [0.1, 0.15) is 5.76 Å². The number of carbonyl (C=O) groups excluding carboxylic acids is 1. The van der Waals surface area contributed by atoms with Gasteiger partial charge in [-0.3, -0.25) is 4.79 Å². The van der Waals surface area contributed by atoms with Crippen molar-refractivity contribution in [1.29, 1.82) is 0 Å². The molecule has 0 bridgehead atoms. The molecule has 4 aliphatic carbocycles. The van der Waals surface area contributed by atoms with E-state index in [-0.39, 0.29) is 28.9 Å². The summed E-state index contributed by atoms with van der Waals surface area (Å²) in [6.07, 6.45) is 11.7. The van der Waals surface area contributed by atoms with Crippen molar-refractivity contribution in [2.75, 3.05) is 0 Å². The average Bonchev–Trinajstić information content (AvgIpc) is 2.79. The molecule has 0 aromatic carbocycles. The maximum Gasteiger partial charge on any atom is 0.307 e. The molecule has 3 N–H and O–H groups in total. The first-order valence-corrected chi connectivity index (χ1v) is 9.79. The average molecular weight is 345 g/mol. The molecule has 3 unspecified atom stereocenters. The molecule has 0 aromatic rings. The standard InChI is InChI=1S/C21H31NO3/c1-12(23)25-18-11-17-15-5-4-13-10-14(24)6-8-20(13,2)16(15)7-9-21(17,3)19(18)22/h6,8,11,13-17,19,24H,4-5,7,9-10,22H2,1-3H3/t13?,14?,15-,16-,17+,19?,20+,21+/m1/s1. The zero-order chi connectivity index (χ0) is 18.0. The lowest BCUT2D eigenvalue weighted by molar-refractivity contribution is -0.137. The van der Waals surface area contributed by atoms with Crippen molar-refractivity contribution in [3.63, 3.8) is 0 Å². The van der Waals surface area contributed by atoms with Gasteiger partial charge >= 0.3 is 5.97 Å². The number of aliphatic hydroxyl groups excluding tert-OH is 1. The van der Waals surface area contributed by atoms with Crippen molar-refractivity contribution in [3.8, 4) is 0 Å². The van der Waals surface area contributed by atoms with Gasteiger partial charge in [0.05, 0.1) is 12.1 Å². The van der Waals surface area contributed by atoms with Crippen molar-refractivity contribution in [1.82, 2.24) is 0 Å². The SMILES string of the molecule is CC(=O)OC1=C[C@H]2[C@@H]3CCC4CC(O)C=C[C@]4(C)[C@@H]3CC[C@]2(C)C1N. The third-order valence-corrected chi connectivity index (χ3v) is 8.09. The van der Waals surface area contributed by atoms with E-state index in [0.717, 1.165) is 19.3 Å². The molecule has 8 atom stereocenters. The second kappa shape index (κ2) is 5.68. The van der Waals surface area contributed by atoms with E-state index < -0.39 is 0 Å². The highest BCUT2D eigenvalue weighted by Gasteiger charge is 2.59. The number of hydrogen-bond donors (Lipinski definition) is 2. The summed E-state index contributed by atoms with van der Waals surface area (Å²) in [6.45, 7) is 6.12. The Morgan fingerprint density at radius 1 is 1.32 bits per heavy atom. The summed E-state index contributed by atoms with van der Waals surface area (Å²) in [4.78, 5) is 11.5. The minimum Gasteiger partial charge on any atom is -0.430 e. The zero-order valence-electron chi connectivity index (χ0n) is 15.6. The second-order valence-corrected chi connectivity index (χ2v) is 9.28. The second-order valence-electron chi connectivity index (χ2n) is 9.28. The van der Waals surface area contributed by atoms with Crippen LogP contribution in [0.2, 0.25) is 0 Å². The number of fused-ring (bicyclic) bond motifs is 5. The van der Waals surface area contributed by atoms with E-state index in [1.165, 1.54) is 19.8 Å². The van der Waals surface area contributed by atoms with E-state index in [2.05, 4.69) is 26.0 Å². The van der Waals surface area contributed by atoms with E-state index in [9.17, 15) is 9.90 Å². The summed E-state index contributed by atoms with van der Waals surface area (Å²) >= 11 is 0. The first kappa shape index (κ1) is 17.3. The van der Waals surface area contributed by atoms with Crippen LogP contribution in [0.4, 0.5) is 0 Å². The van der Waals surface area contributed by atoms with Gasteiger partial charge in [0.15, 0.2) is 0 Å². The molecule has 0 radical (unpaired) electrons. The Morgan fingerprint density at radius 3 is 2.80 bits per heavy atom. The van der Waals surface area contributed by atoms with Crippen LogP contribution in [0.25, 0.3) is 0 Å². The monoisotopic (exact) mass is 345 g/mol. The van der Waals surface area contributed by atoms with Crippen LogP contribution >= 0.6 is 0 Å². The van der Waals surface area contributed by atoms with Crippen LogP contribution in [0, 0.1) is 34.5 Å². The minimum absolute atomic E-state index is 0.00690. The number of nitrogens with two attached hydrogens (primary N) is 1. The number of allylic oxidation sites excluding steroid dienone is 2. The number of rotatable bonds is 1. The van der Waals surface area contributed by atoms with Gasteiger partial charge in [0, 0.05) is 6.92 Å². The highest BCUT2D eigenvalue weighted by Crippen LogP contribution is 2.64. The van der Waals surface area contributed by atoms with Crippen LogP contribution < -0.4 is 5.73 Å². The van der Waals surface area contributed by atoms with Crippen LogP contribution in [-0.2, 0) is 9.53 Å². The molecule has 4 heteroatoms. The number of aliphatic hydroxyl groups is 1. The Labute approximate surface area is 150 Å². The number of carbonyl (C=O) groups is 1. The summed E-state index contributed by atoms with van der Waals surface area (Å²) in [5.41, 5.74) is 6.69. The van der Waals surface area contributed by atoms with Gasteiger partial charge in [0.25, 0.3) is 0 Å². The van der Waals surface area contributed by atoms with E-state index in [0.29, 0.717) is 29.4 Å². The summed E-state index contributed by atoms with van der Waals surface area (Å²) in [5.74, 6) is 2.56. The Morgan fingerprint density at radius 2 is 2.08 bits per heavy atom. The van der Waals surface area contributed by atoms with Gasteiger partial charge in [-0.05, 0) is 72.7 Å². The molecule has 0 aromatic heterocycles. The fourth-order valence-electron chi connectivity index (χ4n) is 6.61. The van der Waals surface area contributed by atoms with Crippen molar-refractivity contribution >= 4 is 5.97 Å². The Balaban J connectivity index is 1.67. The van der Waals surface area contributed by atoms with Crippen molar-refractivity contribution in [2.45, 2.75) is 65.0 Å². The van der Waals surface area contributed by atoms with E-state index in [4.69, 9.17) is 10.5 Å². The minimum atomic E-state index is -0.279. The predicted molar refractivity (Wildman–Crippen MR) is 96.2 cm³/mol. The molecule has 0 amide bonds. The van der Waals surface area contributed by atoms with Gasteiger partial charge in [-0.1, -0.05) is 26.0 Å². The fraction of sp³-hybridized carbons (Fsp3) is 0.762. The maximum atomic E-state index is 11.5. The smallest absolute Gasteiger partial charge is 0.307 e. The van der Waals surface area contributed by atoms with Gasteiger partial charge in [-0.2, -0.15) is 0 Å². The van der Waals surface area contributed by atoms with Crippen LogP contribution in [0.3, 0.4) is 0 Å². The molecule has 2 fully saturated rings. The van der Waals surface area contributed by atoms with Crippen molar-refractivity contribution < 1.29 is 14.6 Å². The molecule has 0 spiro atoms. The van der Waals surface area contributed by atoms with E-state index >= 15 is 0 Å². The van der Waals surface area contributed by atoms with Crippen LogP contribution in [0.5, 0.6) is 0 Å². The normalized spacial score (nSPS) is 51.2. The molecule has 0 aliphatic heterocycles. The molecule has 138 valence electrons. The number of ether oxygens (including phenoxy) is 1. The first-order valence-electron chi connectivity index (χ1n) is 9.79. The third-order valence-electron chi connectivity index (χ3n) is 8.09. The summed E-state index contributed by atoms with van der Waals surface area (Å²) < 4.78 is 5.46. The van der Waals surface area contributed by atoms with Gasteiger partial charge in [-0.25, -0.2) is 0 Å². The summed E-state index contributed by atoms with van der Waals surface area (Å²) in [6, 6.07) is -0.184. The highest BCUT2D eigenvalue weighted by atomic mass is 16.5. The Hall–Kier alpha value is -1.13. The lowest BCUT2D eigenvalue weighted by Gasteiger charge is -2.59. The quantitative estimate of drug-likeness (QED) is 0.565. The van der Waals surface area contributed by atoms with E-state index in [1.54, 1.807) is 0 Å². The Bertz CT molecular complexity index is 641. The molecule has 4 nitrogen and oxygen atoms in total. The van der Waals surface area contributed by atoms with E-state index in [1.807, 2.05) is 6.08 Å². The molecule has 4 aliphatic rings. The summed E-state index contributed by atoms with van der Waals surface area (Å²) in [7, 11) is 0. The van der Waals surface area contributed by atoms with Crippen molar-refractivity contribution in [2.24, 2.45) is 40.2 Å². The summed E-state index contributed by atoms with van der Waals surface area (Å²) in [5, 5.41) is 10.0. The molecule has 0 saturated heterocycles. The molecular formula is C21H31NO3. The first-order chi connectivity index (χ1) is 11.8. The van der Waals surface area contributed by atoms with Gasteiger partial charge in [-0.15, -0.1) is 0 Å². The molecule has 0 heterocycles. The topological polar surface area (TPSA) is 72.5 Å². The van der Waals surface area contributed by atoms with Gasteiger partial charge < -0.3 is 15.6 Å². The van der Waals surface area contributed by atoms with Crippen LogP contribution in [0.15, 0.2) is 24.0 Å². The third kappa shape index (κ3) is 2.44. The fourth-order valence-corrected chi connectivity index (χ4v) is 6.61. The molecule has 25 heavy (non-hydrogen) atoms. The molecular weight excluding hydrogens is 314 g/mol.